The van der Waals surface area contributed by atoms with Gasteiger partial charge < -0.3 is 10.4 Å². The fourth-order valence-electron chi connectivity index (χ4n) is 3.53. The summed E-state index contributed by atoms with van der Waals surface area (Å²) in [6.07, 6.45) is 5.87. The smallest absolute Gasteiger partial charge is 0.0570 e. The molecule has 0 aliphatic heterocycles. The summed E-state index contributed by atoms with van der Waals surface area (Å²) in [6.45, 7) is 7.13. The molecule has 88 valence electrons. The lowest BCUT2D eigenvalue weighted by molar-refractivity contribution is 0.0457. The molecule has 0 spiro atoms. The first-order valence-electron chi connectivity index (χ1n) is 6.39. The molecule has 15 heavy (non-hydrogen) atoms. The Hall–Kier alpha value is -0.0800. The summed E-state index contributed by atoms with van der Waals surface area (Å²) in [4.78, 5) is 0. The summed E-state index contributed by atoms with van der Waals surface area (Å²) in [5.74, 6) is 0.844. The third kappa shape index (κ3) is 2.94. The third-order valence-electron chi connectivity index (χ3n) is 3.97. The fraction of sp³-hybridized carbons (Fsp3) is 1.00. The predicted molar refractivity (Wildman–Crippen MR) is 62.7 cm³/mol. The van der Waals surface area contributed by atoms with E-state index in [4.69, 9.17) is 0 Å². The van der Waals surface area contributed by atoms with Crippen molar-refractivity contribution >= 4 is 0 Å². The van der Waals surface area contributed by atoms with E-state index in [1.807, 2.05) is 0 Å². The highest BCUT2D eigenvalue weighted by molar-refractivity contribution is 4.92. The summed E-state index contributed by atoms with van der Waals surface area (Å²) >= 11 is 0. The summed E-state index contributed by atoms with van der Waals surface area (Å²) in [6, 6.07) is 1.27. The first kappa shape index (κ1) is 11.4. The molecule has 2 atom stereocenters. The zero-order valence-electron chi connectivity index (χ0n) is 10.3. The van der Waals surface area contributed by atoms with E-state index in [1.54, 1.807) is 0 Å². The van der Waals surface area contributed by atoms with Crippen LogP contribution in [0.1, 0.15) is 52.9 Å². The van der Waals surface area contributed by atoms with E-state index in [1.165, 1.54) is 19.3 Å². The van der Waals surface area contributed by atoms with Crippen LogP contribution in [0.5, 0.6) is 0 Å². The molecule has 2 aliphatic carbocycles. The van der Waals surface area contributed by atoms with E-state index >= 15 is 0 Å². The van der Waals surface area contributed by atoms with Crippen LogP contribution in [0, 0.1) is 11.3 Å². The highest BCUT2D eigenvalue weighted by atomic mass is 16.3. The van der Waals surface area contributed by atoms with Gasteiger partial charge in [-0.3, -0.25) is 0 Å². The minimum atomic E-state index is -0.0310. The highest BCUT2D eigenvalue weighted by Gasteiger charge is 2.35. The van der Waals surface area contributed by atoms with Crippen molar-refractivity contribution in [1.82, 2.24) is 5.32 Å². The molecule has 0 aromatic heterocycles. The first-order chi connectivity index (χ1) is 6.94. The Balaban J connectivity index is 1.81. The summed E-state index contributed by atoms with van der Waals surface area (Å²) < 4.78 is 0. The number of hydrogen-bond acceptors (Lipinski definition) is 2. The molecular formula is C13H25NO. The molecule has 0 heterocycles. The van der Waals surface area contributed by atoms with Crippen LogP contribution < -0.4 is 5.32 Å². The topological polar surface area (TPSA) is 32.3 Å². The Labute approximate surface area is 93.5 Å². The monoisotopic (exact) mass is 211 g/mol. The fourth-order valence-corrected chi connectivity index (χ4v) is 3.53. The van der Waals surface area contributed by atoms with Crippen molar-refractivity contribution in [3.8, 4) is 0 Å². The van der Waals surface area contributed by atoms with Crippen LogP contribution in [0.25, 0.3) is 0 Å². The summed E-state index contributed by atoms with van der Waals surface area (Å²) in [7, 11) is 0. The highest BCUT2D eigenvalue weighted by Crippen LogP contribution is 2.39. The normalized spacial score (nSPS) is 44.8. The molecule has 2 saturated carbocycles. The molecule has 0 amide bonds. The number of aliphatic hydroxyl groups is 1. The van der Waals surface area contributed by atoms with Gasteiger partial charge in [0.25, 0.3) is 0 Å². The van der Waals surface area contributed by atoms with E-state index in [0.29, 0.717) is 17.5 Å². The molecule has 2 fully saturated rings. The van der Waals surface area contributed by atoms with Crippen LogP contribution in [0.3, 0.4) is 0 Å². The standard InChI is InChI=1S/C13H25NO/c1-9-4-11(8-13(2,3)7-9)14-10-5-12(15)6-10/h9-12,14-15H,4-8H2,1-3H3. The maximum Gasteiger partial charge on any atom is 0.0570 e. The van der Waals surface area contributed by atoms with Gasteiger partial charge in [-0.05, 0) is 43.4 Å². The van der Waals surface area contributed by atoms with Gasteiger partial charge in [0.1, 0.15) is 0 Å². The van der Waals surface area contributed by atoms with Crippen LogP contribution in [0.4, 0.5) is 0 Å². The maximum atomic E-state index is 9.26. The summed E-state index contributed by atoms with van der Waals surface area (Å²) in [5.41, 5.74) is 0.498. The lowest BCUT2D eigenvalue weighted by Gasteiger charge is -2.43. The predicted octanol–water partition coefficient (Wildman–Crippen LogP) is 2.31. The van der Waals surface area contributed by atoms with E-state index in [-0.39, 0.29) is 6.10 Å². The number of hydrogen-bond donors (Lipinski definition) is 2. The average molecular weight is 211 g/mol. The Morgan fingerprint density at radius 2 is 1.73 bits per heavy atom. The second kappa shape index (κ2) is 4.06. The molecule has 0 aromatic carbocycles. The van der Waals surface area contributed by atoms with Gasteiger partial charge in [0, 0.05) is 12.1 Å². The SMILES string of the molecule is CC1CC(NC2CC(O)C2)CC(C)(C)C1. The lowest BCUT2D eigenvalue weighted by Crippen LogP contribution is -2.51. The van der Waals surface area contributed by atoms with Gasteiger partial charge in [-0.15, -0.1) is 0 Å². The molecule has 0 bridgehead atoms. The van der Waals surface area contributed by atoms with Crippen LogP contribution in [0.15, 0.2) is 0 Å². The zero-order valence-corrected chi connectivity index (χ0v) is 10.3. The molecular weight excluding hydrogens is 186 g/mol. The molecule has 0 radical (unpaired) electrons. The minimum absolute atomic E-state index is 0.0310. The van der Waals surface area contributed by atoms with Gasteiger partial charge in [0.05, 0.1) is 6.10 Å². The van der Waals surface area contributed by atoms with E-state index < -0.39 is 0 Å². The van der Waals surface area contributed by atoms with E-state index in [2.05, 4.69) is 26.1 Å². The van der Waals surface area contributed by atoms with E-state index in [0.717, 1.165) is 18.8 Å². The van der Waals surface area contributed by atoms with Crippen molar-refractivity contribution in [3.05, 3.63) is 0 Å². The van der Waals surface area contributed by atoms with Crippen LogP contribution in [0.2, 0.25) is 0 Å². The van der Waals surface area contributed by atoms with Gasteiger partial charge in [-0.2, -0.15) is 0 Å². The average Bonchev–Trinajstić information content (AvgIpc) is 1.96. The Morgan fingerprint density at radius 3 is 2.27 bits per heavy atom. The Kier molecular flexibility index (Phi) is 3.09. The quantitative estimate of drug-likeness (QED) is 0.734. The van der Waals surface area contributed by atoms with Gasteiger partial charge in [0.15, 0.2) is 0 Å². The van der Waals surface area contributed by atoms with Crippen LogP contribution in [-0.4, -0.2) is 23.3 Å². The second-order valence-electron chi connectivity index (χ2n) is 6.60. The molecule has 2 N–H and O–H groups in total. The lowest BCUT2D eigenvalue weighted by atomic mass is 9.70. The zero-order chi connectivity index (χ0) is 11.1. The molecule has 2 rings (SSSR count). The molecule has 2 unspecified atom stereocenters. The van der Waals surface area contributed by atoms with Gasteiger partial charge >= 0.3 is 0 Å². The van der Waals surface area contributed by atoms with Crippen molar-refractivity contribution in [2.45, 2.75) is 71.1 Å². The minimum Gasteiger partial charge on any atom is -0.393 e. The largest absolute Gasteiger partial charge is 0.393 e. The Morgan fingerprint density at radius 1 is 1.07 bits per heavy atom. The third-order valence-corrected chi connectivity index (χ3v) is 3.97. The number of aliphatic hydroxyl groups excluding tert-OH is 1. The number of nitrogens with one attached hydrogen (secondary N) is 1. The van der Waals surface area contributed by atoms with Crippen LogP contribution >= 0.6 is 0 Å². The first-order valence-corrected chi connectivity index (χ1v) is 6.39. The van der Waals surface area contributed by atoms with E-state index in [9.17, 15) is 5.11 Å². The molecule has 2 heteroatoms. The molecule has 0 aromatic rings. The van der Waals surface area contributed by atoms with Gasteiger partial charge in [-0.25, -0.2) is 0 Å². The molecule has 2 aliphatic rings. The van der Waals surface area contributed by atoms with Crippen molar-refractivity contribution in [1.29, 1.82) is 0 Å². The van der Waals surface area contributed by atoms with Gasteiger partial charge in [-0.1, -0.05) is 20.8 Å². The second-order valence-corrected chi connectivity index (χ2v) is 6.60. The van der Waals surface area contributed by atoms with Crippen molar-refractivity contribution in [2.24, 2.45) is 11.3 Å². The Bertz CT molecular complexity index is 221. The van der Waals surface area contributed by atoms with Crippen LogP contribution in [-0.2, 0) is 0 Å². The number of rotatable bonds is 2. The van der Waals surface area contributed by atoms with Crippen molar-refractivity contribution < 1.29 is 5.11 Å². The molecule has 0 saturated heterocycles. The van der Waals surface area contributed by atoms with Gasteiger partial charge in [0.2, 0.25) is 0 Å². The maximum absolute atomic E-state index is 9.26. The summed E-state index contributed by atoms with van der Waals surface area (Å²) in [5, 5.41) is 13.0. The molecule has 2 nitrogen and oxygen atoms in total. The van der Waals surface area contributed by atoms with Crippen molar-refractivity contribution in [2.75, 3.05) is 0 Å². The van der Waals surface area contributed by atoms with Crippen molar-refractivity contribution in [3.63, 3.8) is 0 Å².